The van der Waals surface area contributed by atoms with Gasteiger partial charge in [0.05, 0.1) is 33.7 Å². The molecule has 15 heteroatoms. The lowest BCUT2D eigenvalue weighted by atomic mass is 10.3. The van der Waals surface area contributed by atoms with Crippen LogP contribution in [0.4, 0.5) is 5.69 Å². The summed E-state index contributed by atoms with van der Waals surface area (Å²) in [6.07, 6.45) is 0. The first-order valence-corrected chi connectivity index (χ1v) is 14.2. The van der Waals surface area contributed by atoms with E-state index in [0.29, 0.717) is 5.02 Å². The van der Waals surface area contributed by atoms with Gasteiger partial charge in [0.2, 0.25) is 20.0 Å². The van der Waals surface area contributed by atoms with Crippen LogP contribution >= 0.6 is 23.2 Å². The minimum Gasteiger partial charge on any atom is -0.454 e. The summed E-state index contributed by atoms with van der Waals surface area (Å²) in [6, 6.07) is 7.85. The number of nitrogens with one attached hydrogen (secondary N) is 2. The second-order valence-electron chi connectivity index (χ2n) is 7.61. The number of hydrogen-bond donors (Lipinski definition) is 2. The van der Waals surface area contributed by atoms with E-state index in [9.17, 15) is 26.4 Å². The Morgan fingerprint density at radius 2 is 1.64 bits per heavy atom. The van der Waals surface area contributed by atoms with Crippen molar-refractivity contribution in [3.8, 4) is 0 Å². The molecule has 0 bridgehead atoms. The van der Waals surface area contributed by atoms with Gasteiger partial charge in [0.1, 0.15) is 6.04 Å². The fraction of sp³-hybridized carbons (Fsp3) is 0.333. The molecule has 0 aromatic heterocycles. The summed E-state index contributed by atoms with van der Waals surface area (Å²) in [5.74, 6) is -1.81. The van der Waals surface area contributed by atoms with Crippen LogP contribution in [-0.4, -0.2) is 72.0 Å². The monoisotopic (exact) mass is 579 g/mol. The predicted molar refractivity (Wildman–Crippen MR) is 132 cm³/mol. The van der Waals surface area contributed by atoms with Gasteiger partial charge in [-0.1, -0.05) is 23.2 Å². The van der Waals surface area contributed by atoms with Gasteiger partial charge in [-0.05, 0) is 49.4 Å². The molecule has 36 heavy (non-hydrogen) atoms. The average Bonchev–Trinajstić information content (AvgIpc) is 2.84. The molecule has 11 nitrogen and oxygen atoms in total. The molecule has 0 radical (unpaired) electrons. The first kappa shape index (κ1) is 28.3. The highest BCUT2D eigenvalue weighted by molar-refractivity contribution is 7.89. The Balaban J connectivity index is 1.59. The molecule has 0 spiro atoms. The Morgan fingerprint density at radius 1 is 1.03 bits per heavy atom. The number of nitrogens with zero attached hydrogens (tertiary/aromatic N) is 1. The Hall–Kier alpha value is -2.26. The van der Waals surface area contributed by atoms with E-state index in [1.807, 2.05) is 0 Å². The molecular formula is C21H23Cl2N3O8S2. The fourth-order valence-electron chi connectivity index (χ4n) is 3.11. The van der Waals surface area contributed by atoms with Crippen molar-refractivity contribution < 1.29 is 35.9 Å². The molecule has 0 unspecified atom stereocenters. The third kappa shape index (κ3) is 7.16. The van der Waals surface area contributed by atoms with E-state index in [-0.39, 0.29) is 46.8 Å². The van der Waals surface area contributed by atoms with Crippen LogP contribution in [0.2, 0.25) is 10.0 Å². The number of ether oxygens (including phenoxy) is 2. The summed E-state index contributed by atoms with van der Waals surface area (Å²) in [6.45, 7) is 1.43. The SMILES string of the molecule is C[C@H](NS(=O)(=O)c1ccc(Cl)cc1)C(=O)OCC(=O)Nc1cc(S(=O)(=O)N2CCOCC2)ccc1Cl. The van der Waals surface area contributed by atoms with Crippen LogP contribution in [0.5, 0.6) is 0 Å². The number of sulfonamides is 2. The summed E-state index contributed by atoms with van der Waals surface area (Å²) in [7, 11) is -7.87. The van der Waals surface area contributed by atoms with Crippen molar-refractivity contribution in [3.05, 3.63) is 52.5 Å². The molecule has 1 saturated heterocycles. The quantitative estimate of drug-likeness (QED) is 0.427. The molecule has 2 aromatic carbocycles. The minimum absolute atomic E-state index is 0.00328. The summed E-state index contributed by atoms with van der Waals surface area (Å²) in [4.78, 5) is 24.4. The number of esters is 1. The Bertz CT molecular complexity index is 1330. The molecule has 2 aromatic rings. The second kappa shape index (κ2) is 11.9. The number of carbonyl (C=O) groups excluding carboxylic acids is 2. The van der Waals surface area contributed by atoms with Crippen molar-refractivity contribution in [1.82, 2.24) is 9.03 Å². The smallest absolute Gasteiger partial charge is 0.324 e. The third-order valence-corrected chi connectivity index (χ3v) is 9.01. The van der Waals surface area contributed by atoms with E-state index in [1.54, 1.807) is 0 Å². The minimum atomic E-state index is -4.04. The number of carbonyl (C=O) groups is 2. The van der Waals surface area contributed by atoms with Gasteiger partial charge in [0, 0.05) is 18.1 Å². The highest BCUT2D eigenvalue weighted by Crippen LogP contribution is 2.27. The molecule has 3 rings (SSSR count). The zero-order chi connectivity index (χ0) is 26.5. The maximum Gasteiger partial charge on any atom is 0.324 e. The number of morpholine rings is 1. The zero-order valence-electron chi connectivity index (χ0n) is 18.9. The summed E-state index contributed by atoms with van der Waals surface area (Å²) >= 11 is 11.8. The first-order chi connectivity index (χ1) is 16.9. The molecule has 1 aliphatic heterocycles. The molecular weight excluding hydrogens is 557 g/mol. The maximum absolute atomic E-state index is 12.8. The first-order valence-electron chi connectivity index (χ1n) is 10.5. The molecule has 0 aliphatic carbocycles. The van der Waals surface area contributed by atoms with Crippen LogP contribution in [0.3, 0.4) is 0 Å². The maximum atomic E-state index is 12.8. The van der Waals surface area contributed by atoms with Crippen molar-refractivity contribution in [3.63, 3.8) is 0 Å². The topological polar surface area (TPSA) is 148 Å². The Morgan fingerprint density at radius 3 is 2.28 bits per heavy atom. The Labute approximate surface area is 218 Å². The van der Waals surface area contributed by atoms with E-state index in [1.165, 1.54) is 53.7 Å². The molecule has 1 fully saturated rings. The molecule has 1 aliphatic rings. The summed E-state index contributed by atoms with van der Waals surface area (Å²) in [5, 5.41) is 2.81. The number of benzene rings is 2. The largest absolute Gasteiger partial charge is 0.454 e. The fourth-order valence-corrected chi connectivity index (χ4v) is 6.02. The van der Waals surface area contributed by atoms with E-state index < -0.39 is 44.6 Å². The van der Waals surface area contributed by atoms with Gasteiger partial charge in [-0.3, -0.25) is 9.59 Å². The van der Waals surface area contributed by atoms with E-state index in [0.717, 1.165) is 0 Å². The van der Waals surface area contributed by atoms with Crippen LogP contribution in [0.15, 0.2) is 52.3 Å². The van der Waals surface area contributed by atoms with Crippen LogP contribution in [-0.2, 0) is 39.1 Å². The average molecular weight is 580 g/mol. The Kier molecular flexibility index (Phi) is 9.33. The molecule has 0 saturated carbocycles. The standard InChI is InChI=1S/C21H23Cl2N3O8S2/c1-14(25-35(29,30)16-4-2-15(22)3-5-16)21(28)34-13-20(27)24-19-12-17(6-7-18(19)23)36(31,32)26-8-10-33-11-9-26/h2-7,12,14,25H,8-11,13H2,1H3,(H,24,27)/t14-/m0/s1. The molecule has 1 heterocycles. The lowest BCUT2D eigenvalue weighted by Crippen LogP contribution is -2.40. The van der Waals surface area contributed by atoms with Gasteiger partial charge in [0.15, 0.2) is 6.61 Å². The molecule has 2 N–H and O–H groups in total. The lowest BCUT2D eigenvalue weighted by molar-refractivity contribution is -0.148. The molecule has 1 amide bonds. The number of halogens is 2. The van der Waals surface area contributed by atoms with Gasteiger partial charge >= 0.3 is 5.97 Å². The van der Waals surface area contributed by atoms with Gasteiger partial charge in [-0.15, -0.1) is 0 Å². The summed E-state index contributed by atoms with van der Waals surface area (Å²) in [5.41, 5.74) is 0.00328. The van der Waals surface area contributed by atoms with Gasteiger partial charge in [-0.2, -0.15) is 9.03 Å². The van der Waals surface area contributed by atoms with Crippen LogP contribution in [0.25, 0.3) is 0 Å². The molecule has 1 atom stereocenters. The van der Waals surface area contributed by atoms with Crippen LogP contribution in [0.1, 0.15) is 6.92 Å². The second-order valence-corrected chi connectivity index (χ2v) is 12.1. The number of anilines is 1. The highest BCUT2D eigenvalue weighted by Gasteiger charge is 2.27. The van der Waals surface area contributed by atoms with E-state index in [2.05, 4.69) is 10.0 Å². The number of hydrogen-bond acceptors (Lipinski definition) is 8. The van der Waals surface area contributed by atoms with Crippen molar-refractivity contribution >= 4 is 60.8 Å². The number of amides is 1. The third-order valence-electron chi connectivity index (χ3n) is 4.97. The highest BCUT2D eigenvalue weighted by atomic mass is 35.5. The number of rotatable bonds is 9. The van der Waals surface area contributed by atoms with Crippen LogP contribution in [0, 0.1) is 0 Å². The van der Waals surface area contributed by atoms with Crippen molar-refractivity contribution in [2.45, 2.75) is 22.8 Å². The van der Waals surface area contributed by atoms with Gasteiger partial charge < -0.3 is 14.8 Å². The predicted octanol–water partition coefficient (Wildman–Crippen LogP) is 1.86. The lowest BCUT2D eigenvalue weighted by Gasteiger charge is -2.26. The van der Waals surface area contributed by atoms with E-state index in [4.69, 9.17) is 32.7 Å². The zero-order valence-corrected chi connectivity index (χ0v) is 22.1. The normalized spacial score (nSPS) is 15.8. The van der Waals surface area contributed by atoms with Gasteiger partial charge in [0.25, 0.3) is 5.91 Å². The molecule has 196 valence electrons. The van der Waals surface area contributed by atoms with Crippen molar-refractivity contribution in [2.24, 2.45) is 0 Å². The summed E-state index contributed by atoms with van der Waals surface area (Å²) < 4.78 is 63.9. The van der Waals surface area contributed by atoms with Crippen LogP contribution < -0.4 is 10.0 Å². The van der Waals surface area contributed by atoms with Crippen molar-refractivity contribution in [2.75, 3.05) is 38.2 Å². The van der Waals surface area contributed by atoms with E-state index >= 15 is 0 Å². The van der Waals surface area contributed by atoms with Gasteiger partial charge in [-0.25, -0.2) is 16.8 Å². The van der Waals surface area contributed by atoms with Crippen molar-refractivity contribution in [1.29, 1.82) is 0 Å².